The number of nitrogens with two attached hydrogens (primary N) is 1. The van der Waals surface area contributed by atoms with Gasteiger partial charge in [-0.15, -0.1) is 0 Å². The molecule has 3 nitrogen and oxygen atoms in total. The van der Waals surface area contributed by atoms with Crippen molar-refractivity contribution in [2.45, 2.75) is 11.7 Å². The summed E-state index contributed by atoms with van der Waals surface area (Å²) in [6.45, 7) is 1.08. The summed E-state index contributed by atoms with van der Waals surface area (Å²) >= 11 is 8.01. The van der Waals surface area contributed by atoms with Gasteiger partial charge in [0.25, 0.3) is 0 Å². The van der Waals surface area contributed by atoms with Gasteiger partial charge in [0.05, 0.1) is 5.25 Å². The van der Waals surface area contributed by atoms with Crippen molar-refractivity contribution in [2.75, 3.05) is 18.8 Å². The fourth-order valence-corrected chi connectivity index (χ4v) is 0.938. The van der Waals surface area contributed by atoms with Gasteiger partial charge < -0.3 is 11.1 Å². The molecule has 0 aliphatic carbocycles. The summed E-state index contributed by atoms with van der Waals surface area (Å²) in [4.78, 5) is 11.0. The van der Waals surface area contributed by atoms with Crippen LogP contribution in [0.1, 0.15) is 6.42 Å². The highest BCUT2D eigenvalue weighted by Crippen LogP contribution is 1.98. The second-order valence-electron chi connectivity index (χ2n) is 2.11. The summed E-state index contributed by atoms with van der Waals surface area (Å²) in [5.41, 5.74) is 5.25. The fraction of sp³-hybridized carbons (Fsp3) is 0.833. The first-order chi connectivity index (χ1) is 5.22. The third-order valence-corrected chi connectivity index (χ3v) is 1.87. The highest BCUT2D eigenvalue weighted by atomic mass is 32.1. The molecule has 5 heteroatoms. The molecule has 0 aliphatic rings. The molecule has 3 N–H and O–H groups in total. The lowest BCUT2D eigenvalue weighted by Gasteiger charge is -2.08. The van der Waals surface area contributed by atoms with Gasteiger partial charge in [0.2, 0.25) is 5.91 Å². The zero-order valence-electron chi connectivity index (χ0n) is 6.29. The summed E-state index contributed by atoms with van der Waals surface area (Å²) in [7, 11) is 0. The van der Waals surface area contributed by atoms with Crippen LogP contribution < -0.4 is 11.1 Å². The van der Waals surface area contributed by atoms with Crippen LogP contribution in [0.3, 0.4) is 0 Å². The van der Waals surface area contributed by atoms with Crippen molar-refractivity contribution in [3.8, 4) is 0 Å². The van der Waals surface area contributed by atoms with E-state index in [1.807, 2.05) is 0 Å². The Labute approximate surface area is 77.9 Å². The Hall–Kier alpha value is 0.130. The Morgan fingerprint density at radius 2 is 2.27 bits per heavy atom. The molecule has 66 valence electrons. The molecule has 0 saturated carbocycles. The minimum absolute atomic E-state index is 0.0622. The predicted molar refractivity (Wildman–Crippen MR) is 53.3 cm³/mol. The van der Waals surface area contributed by atoms with Gasteiger partial charge in [-0.05, 0) is 13.0 Å². The van der Waals surface area contributed by atoms with E-state index < -0.39 is 0 Å². The molecule has 1 amide bonds. The lowest BCUT2D eigenvalue weighted by Crippen LogP contribution is -2.33. The van der Waals surface area contributed by atoms with Crippen LogP contribution in [0.25, 0.3) is 0 Å². The van der Waals surface area contributed by atoms with Crippen molar-refractivity contribution in [1.82, 2.24) is 5.32 Å². The lowest BCUT2D eigenvalue weighted by molar-refractivity contribution is -0.120. The molecule has 0 fully saturated rings. The molecule has 11 heavy (non-hydrogen) atoms. The van der Waals surface area contributed by atoms with Crippen LogP contribution >= 0.6 is 25.3 Å². The fourth-order valence-electron chi connectivity index (χ4n) is 0.586. The third-order valence-electron chi connectivity index (χ3n) is 1.15. The van der Waals surface area contributed by atoms with Crippen LogP contribution in [0.15, 0.2) is 0 Å². The Kier molecular flexibility index (Phi) is 6.90. The number of thiol groups is 2. The van der Waals surface area contributed by atoms with Crippen molar-refractivity contribution in [3.63, 3.8) is 0 Å². The maximum atomic E-state index is 11.0. The van der Waals surface area contributed by atoms with Crippen molar-refractivity contribution >= 4 is 31.2 Å². The number of hydrogen-bond donors (Lipinski definition) is 4. The predicted octanol–water partition coefficient (Wildman–Crippen LogP) is -0.320. The quantitative estimate of drug-likeness (QED) is 0.453. The molecule has 0 rings (SSSR count). The highest BCUT2D eigenvalue weighted by molar-refractivity contribution is 7.81. The topological polar surface area (TPSA) is 55.1 Å². The standard InChI is InChI=1S/C6H14N2OS2/c7-2-1-5(11)6(9)8-3-4-10/h5,10-11H,1-4,7H2,(H,8,9). The zero-order chi connectivity index (χ0) is 8.69. The van der Waals surface area contributed by atoms with Crippen LogP contribution in [0, 0.1) is 0 Å². The van der Waals surface area contributed by atoms with Crippen LogP contribution in [0.2, 0.25) is 0 Å². The lowest BCUT2D eigenvalue weighted by atomic mass is 10.3. The van der Waals surface area contributed by atoms with Gasteiger partial charge in [0.15, 0.2) is 0 Å². The molecule has 0 aromatic rings. The Morgan fingerprint density at radius 3 is 2.73 bits per heavy atom. The first kappa shape index (κ1) is 11.1. The maximum absolute atomic E-state index is 11.0. The van der Waals surface area contributed by atoms with Gasteiger partial charge in [-0.2, -0.15) is 25.3 Å². The Balaban J connectivity index is 3.47. The molecule has 1 unspecified atom stereocenters. The molecule has 0 radical (unpaired) electrons. The molecule has 0 aliphatic heterocycles. The largest absolute Gasteiger partial charge is 0.354 e. The molecule has 0 aromatic carbocycles. The Morgan fingerprint density at radius 1 is 1.64 bits per heavy atom. The SMILES string of the molecule is NCCC(S)C(=O)NCCS. The third kappa shape index (κ3) is 5.41. The molecular weight excluding hydrogens is 180 g/mol. The first-order valence-electron chi connectivity index (χ1n) is 3.49. The van der Waals surface area contributed by atoms with Crippen molar-refractivity contribution in [3.05, 3.63) is 0 Å². The summed E-state index contributed by atoms with van der Waals surface area (Å²) in [5, 5.41) is 2.39. The molecule has 0 spiro atoms. The van der Waals surface area contributed by atoms with E-state index in [-0.39, 0.29) is 11.2 Å². The maximum Gasteiger partial charge on any atom is 0.232 e. The van der Waals surface area contributed by atoms with E-state index in [0.717, 1.165) is 0 Å². The second-order valence-corrected chi connectivity index (χ2v) is 3.18. The van der Waals surface area contributed by atoms with E-state index in [1.165, 1.54) is 0 Å². The van der Waals surface area contributed by atoms with Crippen LogP contribution in [-0.2, 0) is 4.79 Å². The number of amides is 1. The van der Waals surface area contributed by atoms with Gasteiger partial charge in [-0.1, -0.05) is 0 Å². The van der Waals surface area contributed by atoms with E-state index in [4.69, 9.17) is 5.73 Å². The molecule has 0 bridgehead atoms. The van der Waals surface area contributed by atoms with E-state index in [0.29, 0.717) is 25.3 Å². The summed E-state index contributed by atoms with van der Waals surface area (Å²) in [5.74, 6) is 0.585. The van der Waals surface area contributed by atoms with E-state index in [1.54, 1.807) is 0 Å². The van der Waals surface area contributed by atoms with Crippen LogP contribution in [0.5, 0.6) is 0 Å². The zero-order valence-corrected chi connectivity index (χ0v) is 8.07. The number of hydrogen-bond acceptors (Lipinski definition) is 4. The number of carbonyl (C=O) groups is 1. The number of nitrogens with one attached hydrogen (secondary N) is 1. The normalized spacial score (nSPS) is 12.6. The molecule has 0 saturated heterocycles. The summed E-state index contributed by atoms with van der Waals surface area (Å²) in [6.07, 6.45) is 0.613. The summed E-state index contributed by atoms with van der Waals surface area (Å²) in [6, 6.07) is 0. The van der Waals surface area contributed by atoms with Crippen LogP contribution in [-0.4, -0.2) is 30.0 Å². The minimum atomic E-state index is -0.278. The van der Waals surface area contributed by atoms with Crippen molar-refractivity contribution in [1.29, 1.82) is 0 Å². The second kappa shape index (κ2) is 6.82. The van der Waals surface area contributed by atoms with Gasteiger partial charge in [-0.3, -0.25) is 4.79 Å². The average Bonchev–Trinajstić information content (AvgIpc) is 2.00. The number of rotatable bonds is 5. The minimum Gasteiger partial charge on any atom is -0.354 e. The van der Waals surface area contributed by atoms with Gasteiger partial charge >= 0.3 is 0 Å². The monoisotopic (exact) mass is 194 g/mol. The smallest absolute Gasteiger partial charge is 0.232 e. The molecule has 0 heterocycles. The van der Waals surface area contributed by atoms with E-state index in [9.17, 15) is 4.79 Å². The van der Waals surface area contributed by atoms with Crippen molar-refractivity contribution in [2.24, 2.45) is 5.73 Å². The van der Waals surface area contributed by atoms with Gasteiger partial charge in [-0.25, -0.2) is 0 Å². The molecule has 0 aromatic heterocycles. The van der Waals surface area contributed by atoms with Crippen molar-refractivity contribution < 1.29 is 4.79 Å². The van der Waals surface area contributed by atoms with Crippen LogP contribution in [0.4, 0.5) is 0 Å². The summed E-state index contributed by atoms with van der Waals surface area (Å²) < 4.78 is 0. The van der Waals surface area contributed by atoms with E-state index >= 15 is 0 Å². The molecular formula is C6H14N2OS2. The Bertz CT molecular complexity index is 121. The average molecular weight is 194 g/mol. The number of carbonyl (C=O) groups excluding carboxylic acids is 1. The van der Waals surface area contributed by atoms with Gasteiger partial charge in [0.1, 0.15) is 0 Å². The van der Waals surface area contributed by atoms with E-state index in [2.05, 4.69) is 30.6 Å². The molecule has 1 atom stereocenters. The van der Waals surface area contributed by atoms with Gasteiger partial charge in [0, 0.05) is 12.3 Å². The highest BCUT2D eigenvalue weighted by Gasteiger charge is 2.10. The first-order valence-corrected chi connectivity index (χ1v) is 4.64.